The van der Waals surface area contributed by atoms with E-state index in [0.29, 0.717) is 22.8 Å². The molecule has 0 amide bonds. The van der Waals surface area contributed by atoms with Gasteiger partial charge < -0.3 is 9.30 Å². The van der Waals surface area contributed by atoms with Gasteiger partial charge in [-0.15, -0.1) is 0 Å². The highest BCUT2D eigenvalue weighted by Crippen LogP contribution is 2.26. The quantitative estimate of drug-likeness (QED) is 0.535. The average molecular weight is 308 g/mol. The number of H-pyrrole nitrogens is 1. The molecule has 23 heavy (non-hydrogen) atoms. The minimum atomic E-state index is -0.667. The number of nitrogens with zero attached hydrogens (tertiary/aromatic N) is 3. The second-order valence-electron chi connectivity index (χ2n) is 5.27. The van der Waals surface area contributed by atoms with Crippen molar-refractivity contribution in [3.8, 4) is 17.1 Å². The zero-order chi connectivity index (χ0) is 16.1. The van der Waals surface area contributed by atoms with Crippen LogP contribution in [0.3, 0.4) is 0 Å². The van der Waals surface area contributed by atoms with Crippen LogP contribution in [-0.4, -0.2) is 26.6 Å². The summed E-state index contributed by atoms with van der Waals surface area (Å²) >= 11 is 0. The van der Waals surface area contributed by atoms with Gasteiger partial charge in [-0.2, -0.15) is 4.98 Å². The topological polar surface area (TPSA) is 89.9 Å². The summed E-state index contributed by atoms with van der Waals surface area (Å²) in [6.07, 6.45) is 0. The van der Waals surface area contributed by atoms with Gasteiger partial charge in [0.05, 0.1) is 18.2 Å². The highest BCUT2D eigenvalue weighted by molar-refractivity contribution is 5.94. The third-order valence-electron chi connectivity index (χ3n) is 3.88. The molecule has 1 aromatic heterocycles. The molecular formula is C16H12N4O3. The summed E-state index contributed by atoms with van der Waals surface area (Å²) in [7, 11) is 3.33. The lowest BCUT2D eigenvalue weighted by atomic mass is 10.1. The van der Waals surface area contributed by atoms with E-state index in [-0.39, 0.29) is 0 Å². The van der Waals surface area contributed by atoms with E-state index in [4.69, 9.17) is 4.74 Å². The van der Waals surface area contributed by atoms with E-state index in [1.807, 2.05) is 24.3 Å². The molecule has 1 N–H and O–H groups in total. The van der Waals surface area contributed by atoms with Crippen LogP contribution < -0.4 is 16.0 Å². The Kier molecular flexibility index (Phi) is 2.71. The molecule has 3 heterocycles. The van der Waals surface area contributed by atoms with E-state index in [1.165, 1.54) is 0 Å². The number of methoxy groups -OCH3 is 1. The molecule has 2 aromatic rings. The van der Waals surface area contributed by atoms with Gasteiger partial charge in [0.1, 0.15) is 11.4 Å². The van der Waals surface area contributed by atoms with Gasteiger partial charge in [0, 0.05) is 23.9 Å². The molecule has 0 saturated heterocycles. The van der Waals surface area contributed by atoms with Gasteiger partial charge in [0.25, 0.3) is 5.56 Å². The number of fused-ring (bicyclic) bond motifs is 3. The lowest BCUT2D eigenvalue weighted by Crippen LogP contribution is -2.27. The summed E-state index contributed by atoms with van der Waals surface area (Å²) in [6.45, 7) is 0. The fourth-order valence-corrected chi connectivity index (χ4v) is 2.75. The predicted octanol–water partition coefficient (Wildman–Crippen LogP) is 1.28. The molecule has 4 rings (SSSR count). The van der Waals surface area contributed by atoms with Crippen molar-refractivity contribution in [2.45, 2.75) is 0 Å². The third kappa shape index (κ3) is 1.97. The number of ether oxygens (including phenoxy) is 1. The summed E-state index contributed by atoms with van der Waals surface area (Å²) in [5.74, 6) is 1.02. The Balaban J connectivity index is 2.19. The first-order valence-electron chi connectivity index (χ1n) is 6.95. The van der Waals surface area contributed by atoms with Gasteiger partial charge in [-0.25, -0.2) is 9.78 Å². The number of pyridine rings is 2. The van der Waals surface area contributed by atoms with Crippen LogP contribution in [0.15, 0.2) is 39.9 Å². The SMILES string of the molecule is COc1ccc2cc3cc4c(=O)[nH]c(=O)nc-4n(C)c3nc2c1. The minimum Gasteiger partial charge on any atom is -0.497 e. The molecule has 0 saturated carbocycles. The predicted molar refractivity (Wildman–Crippen MR) is 86.1 cm³/mol. The number of aromatic amines is 1. The molecule has 0 unspecified atom stereocenters. The summed E-state index contributed by atoms with van der Waals surface area (Å²) in [6, 6.07) is 9.25. The molecule has 114 valence electrons. The van der Waals surface area contributed by atoms with E-state index in [9.17, 15) is 9.59 Å². The number of hydrogen-bond acceptors (Lipinski definition) is 5. The lowest BCUT2D eigenvalue weighted by Gasteiger charge is -2.13. The normalized spacial score (nSPS) is 11.4. The first-order chi connectivity index (χ1) is 11.1. The smallest absolute Gasteiger partial charge is 0.349 e. The summed E-state index contributed by atoms with van der Waals surface area (Å²) in [5, 5.41) is 1.73. The van der Waals surface area contributed by atoms with Gasteiger partial charge in [-0.05, 0) is 24.3 Å². The Morgan fingerprint density at radius 2 is 1.91 bits per heavy atom. The van der Waals surface area contributed by atoms with Crippen molar-refractivity contribution in [1.29, 1.82) is 0 Å². The van der Waals surface area contributed by atoms with E-state index in [1.54, 1.807) is 24.8 Å². The van der Waals surface area contributed by atoms with Crippen LogP contribution in [0.2, 0.25) is 0 Å². The highest BCUT2D eigenvalue weighted by atomic mass is 16.5. The molecule has 0 bridgehead atoms. The van der Waals surface area contributed by atoms with E-state index < -0.39 is 11.2 Å². The maximum absolute atomic E-state index is 12.0. The fraction of sp³-hybridized carbons (Fsp3) is 0.125. The number of benzene rings is 1. The van der Waals surface area contributed by atoms with Crippen molar-refractivity contribution >= 4 is 21.9 Å². The number of hydrogen-bond donors (Lipinski definition) is 1. The minimum absolute atomic E-state index is 0.306. The molecule has 0 radical (unpaired) electrons. The van der Waals surface area contributed by atoms with Gasteiger partial charge in [-0.3, -0.25) is 9.78 Å². The maximum Gasteiger partial charge on any atom is 0.349 e. The molecule has 0 atom stereocenters. The monoisotopic (exact) mass is 308 g/mol. The van der Waals surface area contributed by atoms with Gasteiger partial charge in [0.15, 0.2) is 5.82 Å². The lowest BCUT2D eigenvalue weighted by molar-refractivity contribution is 0.415. The van der Waals surface area contributed by atoms with Gasteiger partial charge in [0.2, 0.25) is 0 Å². The zero-order valence-electron chi connectivity index (χ0n) is 12.5. The maximum atomic E-state index is 12.0. The van der Waals surface area contributed by atoms with Crippen molar-refractivity contribution in [3.63, 3.8) is 0 Å². The van der Waals surface area contributed by atoms with Gasteiger partial charge in [-0.1, -0.05) is 0 Å². The van der Waals surface area contributed by atoms with Crippen LogP contribution >= 0.6 is 0 Å². The molecule has 7 heteroatoms. The van der Waals surface area contributed by atoms with Crippen LogP contribution in [0.1, 0.15) is 0 Å². The Bertz CT molecular complexity index is 1160. The zero-order valence-corrected chi connectivity index (χ0v) is 12.5. The largest absolute Gasteiger partial charge is 0.497 e. The molecule has 2 aliphatic rings. The number of nitrogens with one attached hydrogen (secondary N) is 1. The van der Waals surface area contributed by atoms with Crippen molar-refractivity contribution in [2.24, 2.45) is 7.05 Å². The fourth-order valence-electron chi connectivity index (χ4n) is 2.75. The van der Waals surface area contributed by atoms with Crippen molar-refractivity contribution < 1.29 is 4.74 Å². The molecule has 0 spiro atoms. The first kappa shape index (κ1) is 13.4. The summed E-state index contributed by atoms with van der Waals surface area (Å²) < 4.78 is 6.87. The van der Waals surface area contributed by atoms with Crippen LogP contribution in [0.25, 0.3) is 33.3 Å². The Morgan fingerprint density at radius 1 is 1.09 bits per heavy atom. The molecular weight excluding hydrogens is 296 g/mol. The number of rotatable bonds is 1. The number of aromatic nitrogens is 4. The van der Waals surface area contributed by atoms with Crippen LogP contribution in [0.4, 0.5) is 0 Å². The standard InChI is InChI=1S/C16H12N4O3/c1-20-13-9(6-11-14(20)18-16(22)19-15(11)21)5-8-3-4-10(23-2)7-12(8)17-13/h3-7H,1-2H3,(H,19,21,22). The van der Waals surface area contributed by atoms with E-state index >= 15 is 0 Å². The van der Waals surface area contributed by atoms with Crippen molar-refractivity contribution in [1.82, 2.24) is 19.5 Å². The molecule has 0 fully saturated rings. The summed E-state index contributed by atoms with van der Waals surface area (Å²) in [5.41, 5.74) is 0.635. The van der Waals surface area contributed by atoms with Crippen LogP contribution in [0, 0.1) is 0 Å². The molecule has 7 nitrogen and oxygen atoms in total. The first-order valence-corrected chi connectivity index (χ1v) is 6.95. The molecule has 2 aliphatic heterocycles. The average Bonchev–Trinajstić information content (AvgIpc) is 2.54. The van der Waals surface area contributed by atoms with Crippen LogP contribution in [0.5, 0.6) is 5.75 Å². The Hall–Kier alpha value is -3.22. The highest BCUT2D eigenvalue weighted by Gasteiger charge is 2.16. The Labute approximate surface area is 129 Å². The van der Waals surface area contributed by atoms with Crippen LogP contribution in [-0.2, 0) is 7.05 Å². The summed E-state index contributed by atoms with van der Waals surface area (Å²) in [4.78, 5) is 34.2. The van der Waals surface area contributed by atoms with Crippen molar-refractivity contribution in [2.75, 3.05) is 7.11 Å². The number of aryl methyl sites for hydroxylation is 1. The van der Waals surface area contributed by atoms with E-state index in [2.05, 4.69) is 15.0 Å². The second kappa shape index (κ2) is 4.64. The third-order valence-corrected chi connectivity index (χ3v) is 3.88. The second-order valence-corrected chi connectivity index (χ2v) is 5.27. The van der Waals surface area contributed by atoms with E-state index in [0.717, 1.165) is 16.3 Å². The molecule has 1 aromatic carbocycles. The van der Waals surface area contributed by atoms with Crippen molar-refractivity contribution in [3.05, 3.63) is 51.2 Å². The Morgan fingerprint density at radius 3 is 2.70 bits per heavy atom. The molecule has 0 aliphatic carbocycles. The van der Waals surface area contributed by atoms with Gasteiger partial charge >= 0.3 is 5.69 Å².